The Morgan fingerprint density at radius 2 is 0.884 bits per heavy atom. The molecular formula is C32H34O11. The lowest BCUT2D eigenvalue weighted by Crippen LogP contribution is -2.46. The molecule has 5 atom stereocenters. The van der Waals surface area contributed by atoms with Crippen LogP contribution in [0, 0.1) is 0 Å². The van der Waals surface area contributed by atoms with E-state index in [0.29, 0.717) is 16.7 Å². The van der Waals surface area contributed by atoms with Crippen molar-refractivity contribution < 1.29 is 52.3 Å². The molecule has 3 aromatic carbocycles. The highest BCUT2D eigenvalue weighted by atomic mass is 16.6. The van der Waals surface area contributed by atoms with Crippen molar-refractivity contribution in [3.05, 3.63) is 108 Å². The van der Waals surface area contributed by atoms with Crippen LogP contribution in [-0.2, 0) is 52.3 Å². The fourth-order valence-corrected chi connectivity index (χ4v) is 4.20. The topological polar surface area (TPSA) is 133 Å². The van der Waals surface area contributed by atoms with Crippen molar-refractivity contribution in [1.29, 1.82) is 0 Å². The minimum Gasteiger partial charge on any atom is -0.466 e. The maximum absolute atomic E-state index is 13.3. The second-order valence-corrected chi connectivity index (χ2v) is 9.07. The van der Waals surface area contributed by atoms with Crippen LogP contribution in [0.3, 0.4) is 0 Å². The van der Waals surface area contributed by atoms with Gasteiger partial charge in [0.2, 0.25) is 6.10 Å². The van der Waals surface area contributed by atoms with E-state index in [-0.39, 0.29) is 0 Å². The molecule has 0 radical (unpaired) electrons. The standard InChI is InChI=1S/C32H34O11/c1-37-25(21-14-8-5-9-15-21)30(34)41-20-24(42-31(35)26(38-2)22-16-10-6-11-17-22)28(29(33)40-4)43-32(36)27(39-3)23-18-12-7-13-19-23/h5-19,24-28H,20H2,1-4H3/t24-,25-,26-,27-,28+/m0/s1. The molecule has 3 aromatic rings. The van der Waals surface area contributed by atoms with E-state index in [1.807, 2.05) is 0 Å². The quantitative estimate of drug-likeness (QED) is 0.188. The van der Waals surface area contributed by atoms with Crippen LogP contribution in [0.25, 0.3) is 0 Å². The predicted octanol–water partition coefficient (Wildman–Crippen LogP) is 3.69. The van der Waals surface area contributed by atoms with Gasteiger partial charge in [-0.3, -0.25) is 0 Å². The van der Waals surface area contributed by atoms with Crippen LogP contribution in [-0.4, -0.2) is 71.1 Å². The molecule has 3 rings (SSSR count). The summed E-state index contributed by atoms with van der Waals surface area (Å²) in [5.41, 5.74) is 1.42. The van der Waals surface area contributed by atoms with Crippen LogP contribution >= 0.6 is 0 Å². The number of benzene rings is 3. The average Bonchev–Trinajstić information content (AvgIpc) is 3.04. The van der Waals surface area contributed by atoms with Crippen molar-refractivity contribution in [2.24, 2.45) is 0 Å². The Morgan fingerprint density at radius 3 is 1.26 bits per heavy atom. The van der Waals surface area contributed by atoms with Gasteiger partial charge in [-0.05, 0) is 16.7 Å². The van der Waals surface area contributed by atoms with Gasteiger partial charge in [0.25, 0.3) is 0 Å². The molecule has 0 N–H and O–H groups in total. The van der Waals surface area contributed by atoms with Crippen molar-refractivity contribution in [3.8, 4) is 0 Å². The van der Waals surface area contributed by atoms with Gasteiger partial charge in [0.15, 0.2) is 24.4 Å². The van der Waals surface area contributed by atoms with Crippen LogP contribution in [0.1, 0.15) is 35.0 Å². The van der Waals surface area contributed by atoms with Gasteiger partial charge in [-0.1, -0.05) is 91.0 Å². The third kappa shape index (κ3) is 8.95. The zero-order valence-corrected chi connectivity index (χ0v) is 24.2. The number of carbonyl (C=O) groups is 4. The average molecular weight is 595 g/mol. The first-order chi connectivity index (χ1) is 20.8. The Labute approximate surface area is 249 Å². The molecule has 43 heavy (non-hydrogen) atoms. The van der Waals surface area contributed by atoms with Gasteiger partial charge < -0.3 is 33.2 Å². The lowest BCUT2D eigenvalue weighted by Gasteiger charge is -2.28. The van der Waals surface area contributed by atoms with Gasteiger partial charge in [0.05, 0.1) is 7.11 Å². The monoisotopic (exact) mass is 594 g/mol. The van der Waals surface area contributed by atoms with E-state index in [2.05, 4.69) is 0 Å². The summed E-state index contributed by atoms with van der Waals surface area (Å²) in [7, 11) is 4.99. The van der Waals surface area contributed by atoms with Crippen LogP contribution in [0.15, 0.2) is 91.0 Å². The molecule has 0 aliphatic heterocycles. The van der Waals surface area contributed by atoms with E-state index >= 15 is 0 Å². The number of rotatable bonds is 15. The molecule has 0 fully saturated rings. The van der Waals surface area contributed by atoms with E-state index in [9.17, 15) is 19.2 Å². The van der Waals surface area contributed by atoms with Crippen molar-refractivity contribution >= 4 is 23.9 Å². The Hall–Kier alpha value is -4.58. The van der Waals surface area contributed by atoms with Gasteiger partial charge in [-0.25, -0.2) is 19.2 Å². The molecule has 0 aliphatic carbocycles. The van der Waals surface area contributed by atoms with E-state index in [0.717, 1.165) is 7.11 Å². The normalized spacial score (nSPS) is 14.3. The van der Waals surface area contributed by atoms with Crippen LogP contribution < -0.4 is 0 Å². The molecule has 0 bridgehead atoms. The fraction of sp³-hybridized carbons (Fsp3) is 0.312. The maximum Gasteiger partial charge on any atom is 0.351 e. The Kier molecular flexibility index (Phi) is 12.8. The molecule has 0 aliphatic rings. The minimum absolute atomic E-state index is 0.452. The first kappa shape index (κ1) is 32.9. The van der Waals surface area contributed by atoms with E-state index in [4.69, 9.17) is 33.2 Å². The first-order valence-corrected chi connectivity index (χ1v) is 13.2. The summed E-state index contributed by atoms with van der Waals surface area (Å²) in [6, 6.07) is 25.4. The highest BCUT2D eigenvalue weighted by Gasteiger charge is 2.41. The first-order valence-electron chi connectivity index (χ1n) is 13.2. The summed E-state index contributed by atoms with van der Waals surface area (Å²) < 4.78 is 37.5. The second-order valence-electron chi connectivity index (χ2n) is 9.07. The molecule has 11 nitrogen and oxygen atoms in total. The molecule has 0 spiro atoms. The molecule has 0 amide bonds. The van der Waals surface area contributed by atoms with Crippen LogP contribution in [0.4, 0.5) is 0 Å². The summed E-state index contributed by atoms with van der Waals surface area (Å²) in [5.74, 6) is -3.81. The predicted molar refractivity (Wildman–Crippen MR) is 151 cm³/mol. The second kappa shape index (κ2) is 16.8. The van der Waals surface area contributed by atoms with Gasteiger partial charge in [0.1, 0.15) is 6.61 Å². The third-order valence-corrected chi connectivity index (χ3v) is 6.33. The minimum atomic E-state index is -1.85. The zero-order valence-electron chi connectivity index (χ0n) is 24.2. The molecule has 228 valence electrons. The van der Waals surface area contributed by atoms with Gasteiger partial charge in [-0.2, -0.15) is 0 Å². The highest BCUT2D eigenvalue weighted by molar-refractivity contribution is 5.84. The third-order valence-electron chi connectivity index (χ3n) is 6.33. The van der Waals surface area contributed by atoms with Crippen molar-refractivity contribution in [2.45, 2.75) is 30.5 Å². The van der Waals surface area contributed by atoms with E-state index < -0.39 is 61.0 Å². The molecule has 0 saturated carbocycles. The molecule has 0 heterocycles. The highest BCUT2D eigenvalue weighted by Crippen LogP contribution is 2.24. The number of carbonyl (C=O) groups excluding carboxylic acids is 4. The summed E-state index contributed by atoms with van der Waals surface area (Å²) in [4.78, 5) is 52.6. The number of ether oxygens (including phenoxy) is 7. The molecule has 0 unspecified atom stereocenters. The molecule has 0 saturated heterocycles. The summed E-state index contributed by atoms with van der Waals surface area (Å²) in [6.45, 7) is -0.696. The Morgan fingerprint density at radius 1 is 0.512 bits per heavy atom. The van der Waals surface area contributed by atoms with Crippen LogP contribution in [0.5, 0.6) is 0 Å². The lowest BCUT2D eigenvalue weighted by molar-refractivity contribution is -0.196. The van der Waals surface area contributed by atoms with Gasteiger partial charge in [0, 0.05) is 21.3 Å². The lowest BCUT2D eigenvalue weighted by atomic mass is 10.1. The van der Waals surface area contributed by atoms with Crippen molar-refractivity contribution in [1.82, 2.24) is 0 Å². The SMILES string of the molecule is COC(=O)[C@H](OC(=O)[C@@H](OC)c1ccccc1)[C@H](COC(=O)[C@@H](OC)c1ccccc1)OC(=O)[C@@H](OC)c1ccccc1. The van der Waals surface area contributed by atoms with E-state index in [1.165, 1.54) is 21.3 Å². The number of hydrogen-bond acceptors (Lipinski definition) is 11. The Balaban J connectivity index is 1.91. The number of hydrogen-bond donors (Lipinski definition) is 0. The van der Waals surface area contributed by atoms with Gasteiger partial charge >= 0.3 is 23.9 Å². The van der Waals surface area contributed by atoms with Crippen molar-refractivity contribution in [3.63, 3.8) is 0 Å². The summed E-state index contributed by atoms with van der Waals surface area (Å²) in [6.07, 6.45) is -7.04. The smallest absolute Gasteiger partial charge is 0.351 e. The molecular weight excluding hydrogens is 560 g/mol. The largest absolute Gasteiger partial charge is 0.466 e. The number of methoxy groups -OCH3 is 4. The van der Waals surface area contributed by atoms with Gasteiger partial charge in [-0.15, -0.1) is 0 Å². The molecule has 0 aromatic heterocycles. The maximum atomic E-state index is 13.3. The van der Waals surface area contributed by atoms with Crippen LogP contribution in [0.2, 0.25) is 0 Å². The van der Waals surface area contributed by atoms with Crippen molar-refractivity contribution in [2.75, 3.05) is 35.0 Å². The van der Waals surface area contributed by atoms with E-state index in [1.54, 1.807) is 91.0 Å². The summed E-state index contributed by atoms with van der Waals surface area (Å²) in [5, 5.41) is 0. The Bertz CT molecular complexity index is 1310. The molecule has 11 heteroatoms. The summed E-state index contributed by atoms with van der Waals surface area (Å²) >= 11 is 0. The fourth-order valence-electron chi connectivity index (χ4n) is 4.20. The number of esters is 4. The zero-order chi connectivity index (χ0) is 31.2.